The van der Waals surface area contributed by atoms with E-state index in [1.165, 1.54) is 4.90 Å². The summed E-state index contributed by atoms with van der Waals surface area (Å²) < 4.78 is 0. The smallest absolute Gasteiger partial charge is 0.407 e. The zero-order chi connectivity index (χ0) is 15.7. The first-order chi connectivity index (χ1) is 10.5. The van der Waals surface area contributed by atoms with Gasteiger partial charge in [0.05, 0.1) is 6.04 Å². The summed E-state index contributed by atoms with van der Waals surface area (Å²) in [7, 11) is 0. The van der Waals surface area contributed by atoms with Gasteiger partial charge in [-0.3, -0.25) is 4.79 Å². The molecule has 2 fully saturated rings. The number of carboxylic acid groups (broad SMARTS) is 1. The Balaban J connectivity index is 1.54. The van der Waals surface area contributed by atoms with E-state index in [1.54, 1.807) is 0 Å². The van der Waals surface area contributed by atoms with Crippen molar-refractivity contribution in [1.29, 1.82) is 0 Å². The van der Waals surface area contributed by atoms with Gasteiger partial charge in [-0.25, -0.2) is 4.79 Å². The average molecular weight is 302 g/mol. The van der Waals surface area contributed by atoms with Gasteiger partial charge in [-0.05, 0) is 37.2 Å². The summed E-state index contributed by atoms with van der Waals surface area (Å²) in [6.07, 6.45) is 1.65. The molecule has 1 aliphatic carbocycles. The molecule has 0 aromatic heterocycles. The van der Waals surface area contributed by atoms with Gasteiger partial charge in [-0.1, -0.05) is 30.3 Å². The van der Waals surface area contributed by atoms with E-state index in [-0.39, 0.29) is 23.3 Å². The molecule has 1 saturated carbocycles. The lowest BCUT2D eigenvalue weighted by atomic mass is 9.90. The van der Waals surface area contributed by atoms with Crippen LogP contribution in [0.2, 0.25) is 0 Å². The van der Waals surface area contributed by atoms with Crippen molar-refractivity contribution in [3.05, 3.63) is 35.9 Å². The molecule has 1 saturated heterocycles. The van der Waals surface area contributed by atoms with E-state index < -0.39 is 6.09 Å². The number of carbonyl (C=O) groups excluding carboxylic acids is 1. The topological polar surface area (TPSA) is 69.6 Å². The van der Waals surface area contributed by atoms with Crippen LogP contribution in [0.15, 0.2) is 30.3 Å². The molecule has 5 heteroatoms. The standard InChI is InChI=1S/C17H22N2O3/c1-12(13-5-3-2-4-6-13)18-15(20)14-11-17(14)7-9-19(10-8-17)16(21)22/h2-6,12,14H,7-11H2,1H3,(H,18,20)(H,21,22)/t12-,14+/m0/s1. The molecule has 1 aromatic rings. The number of rotatable bonds is 3. The van der Waals surface area contributed by atoms with E-state index in [1.807, 2.05) is 37.3 Å². The summed E-state index contributed by atoms with van der Waals surface area (Å²) in [6, 6.07) is 9.93. The Morgan fingerprint density at radius 1 is 1.27 bits per heavy atom. The van der Waals surface area contributed by atoms with Crippen LogP contribution in [0, 0.1) is 11.3 Å². The molecule has 118 valence electrons. The molecule has 1 aliphatic heterocycles. The molecule has 1 heterocycles. The molecule has 0 bridgehead atoms. The lowest BCUT2D eigenvalue weighted by Crippen LogP contribution is -2.40. The van der Waals surface area contributed by atoms with Crippen LogP contribution in [-0.4, -0.2) is 35.1 Å². The zero-order valence-corrected chi connectivity index (χ0v) is 12.8. The summed E-state index contributed by atoms with van der Waals surface area (Å²) in [4.78, 5) is 24.8. The Bertz CT molecular complexity index is 565. The van der Waals surface area contributed by atoms with Crippen molar-refractivity contribution in [2.24, 2.45) is 11.3 Å². The molecule has 2 N–H and O–H groups in total. The van der Waals surface area contributed by atoms with Crippen LogP contribution in [0.25, 0.3) is 0 Å². The fourth-order valence-electron chi connectivity index (χ4n) is 3.55. The van der Waals surface area contributed by atoms with Crippen LogP contribution in [0.1, 0.15) is 37.8 Å². The Labute approximate surface area is 130 Å². The first kappa shape index (κ1) is 14.9. The van der Waals surface area contributed by atoms with E-state index in [0.29, 0.717) is 13.1 Å². The van der Waals surface area contributed by atoms with E-state index in [0.717, 1.165) is 24.8 Å². The molecular weight excluding hydrogens is 280 g/mol. The summed E-state index contributed by atoms with van der Waals surface area (Å²) in [5.41, 5.74) is 1.15. The van der Waals surface area contributed by atoms with E-state index in [9.17, 15) is 9.59 Å². The monoisotopic (exact) mass is 302 g/mol. The average Bonchev–Trinajstić information content (AvgIpc) is 3.22. The highest BCUT2D eigenvalue weighted by Crippen LogP contribution is 2.59. The van der Waals surface area contributed by atoms with Crippen LogP contribution < -0.4 is 5.32 Å². The number of nitrogens with zero attached hydrogens (tertiary/aromatic N) is 1. The molecule has 22 heavy (non-hydrogen) atoms. The van der Waals surface area contributed by atoms with Crippen molar-refractivity contribution in [3.8, 4) is 0 Å². The summed E-state index contributed by atoms with van der Waals surface area (Å²) in [5, 5.41) is 12.1. The van der Waals surface area contributed by atoms with Crippen molar-refractivity contribution < 1.29 is 14.7 Å². The van der Waals surface area contributed by atoms with Gasteiger partial charge in [-0.2, -0.15) is 0 Å². The maximum Gasteiger partial charge on any atom is 0.407 e. The molecule has 5 nitrogen and oxygen atoms in total. The predicted octanol–water partition coefficient (Wildman–Crippen LogP) is 2.64. The van der Waals surface area contributed by atoms with Crippen LogP contribution >= 0.6 is 0 Å². The Kier molecular flexibility index (Phi) is 3.81. The molecule has 2 atom stereocenters. The van der Waals surface area contributed by atoms with Crippen LogP contribution in [0.3, 0.4) is 0 Å². The number of hydrogen-bond donors (Lipinski definition) is 2. The number of hydrogen-bond acceptors (Lipinski definition) is 2. The molecule has 0 unspecified atom stereocenters. The zero-order valence-electron chi connectivity index (χ0n) is 12.8. The van der Waals surface area contributed by atoms with E-state index >= 15 is 0 Å². The Morgan fingerprint density at radius 3 is 2.50 bits per heavy atom. The third kappa shape index (κ3) is 2.80. The SMILES string of the molecule is C[C@H](NC(=O)[C@H]1CC12CCN(C(=O)O)CC2)c1ccccc1. The van der Waals surface area contributed by atoms with Gasteiger partial charge < -0.3 is 15.3 Å². The first-order valence-corrected chi connectivity index (χ1v) is 7.85. The number of piperidine rings is 1. The highest BCUT2D eigenvalue weighted by atomic mass is 16.4. The normalized spacial score (nSPS) is 23.9. The number of likely N-dealkylation sites (tertiary alicyclic amines) is 1. The summed E-state index contributed by atoms with van der Waals surface area (Å²) in [6.45, 7) is 3.09. The van der Waals surface area contributed by atoms with Crippen LogP contribution in [0.4, 0.5) is 4.79 Å². The minimum Gasteiger partial charge on any atom is -0.465 e. The van der Waals surface area contributed by atoms with Crippen molar-refractivity contribution in [1.82, 2.24) is 10.2 Å². The third-order valence-electron chi connectivity index (χ3n) is 5.19. The number of benzene rings is 1. The minimum absolute atomic E-state index is 0.00505. The number of nitrogens with one attached hydrogen (secondary N) is 1. The van der Waals surface area contributed by atoms with Gasteiger partial charge in [0.1, 0.15) is 0 Å². The van der Waals surface area contributed by atoms with Gasteiger partial charge in [-0.15, -0.1) is 0 Å². The third-order valence-corrected chi connectivity index (χ3v) is 5.19. The fourth-order valence-corrected chi connectivity index (χ4v) is 3.55. The molecule has 0 radical (unpaired) electrons. The van der Waals surface area contributed by atoms with Crippen molar-refractivity contribution in [2.45, 2.75) is 32.2 Å². The second-order valence-electron chi connectivity index (χ2n) is 6.53. The Morgan fingerprint density at radius 2 is 1.91 bits per heavy atom. The lowest BCUT2D eigenvalue weighted by molar-refractivity contribution is -0.124. The van der Waals surface area contributed by atoms with Crippen molar-refractivity contribution >= 4 is 12.0 Å². The second-order valence-corrected chi connectivity index (χ2v) is 6.53. The highest BCUT2D eigenvalue weighted by Gasteiger charge is 2.58. The maximum atomic E-state index is 12.4. The largest absolute Gasteiger partial charge is 0.465 e. The van der Waals surface area contributed by atoms with Crippen LogP contribution in [0.5, 0.6) is 0 Å². The van der Waals surface area contributed by atoms with Gasteiger partial charge in [0, 0.05) is 19.0 Å². The van der Waals surface area contributed by atoms with Gasteiger partial charge in [0.25, 0.3) is 0 Å². The predicted molar refractivity (Wildman–Crippen MR) is 82.4 cm³/mol. The summed E-state index contributed by atoms with van der Waals surface area (Å²) >= 11 is 0. The molecule has 2 amide bonds. The fraction of sp³-hybridized carbons (Fsp3) is 0.529. The second kappa shape index (κ2) is 5.63. The molecule has 3 rings (SSSR count). The van der Waals surface area contributed by atoms with Crippen molar-refractivity contribution in [3.63, 3.8) is 0 Å². The number of amides is 2. The summed E-state index contributed by atoms with van der Waals surface area (Å²) in [5.74, 6) is 0.162. The molecule has 1 spiro atoms. The lowest BCUT2D eigenvalue weighted by Gasteiger charge is -2.30. The quantitative estimate of drug-likeness (QED) is 0.902. The molecular formula is C17H22N2O3. The molecule has 2 aliphatic rings. The first-order valence-electron chi connectivity index (χ1n) is 7.85. The maximum absolute atomic E-state index is 12.4. The highest BCUT2D eigenvalue weighted by molar-refractivity contribution is 5.83. The minimum atomic E-state index is -0.853. The van der Waals surface area contributed by atoms with Crippen LogP contribution in [-0.2, 0) is 4.79 Å². The van der Waals surface area contributed by atoms with E-state index in [2.05, 4.69) is 5.32 Å². The van der Waals surface area contributed by atoms with Crippen molar-refractivity contribution in [2.75, 3.05) is 13.1 Å². The van der Waals surface area contributed by atoms with Gasteiger partial charge in [0.2, 0.25) is 5.91 Å². The number of carbonyl (C=O) groups is 2. The Hall–Kier alpha value is -2.04. The van der Waals surface area contributed by atoms with E-state index in [4.69, 9.17) is 5.11 Å². The van der Waals surface area contributed by atoms with Gasteiger partial charge >= 0.3 is 6.09 Å². The van der Waals surface area contributed by atoms with Gasteiger partial charge in [0.15, 0.2) is 0 Å². The molecule has 1 aromatic carbocycles.